The summed E-state index contributed by atoms with van der Waals surface area (Å²) >= 11 is 11.9. The quantitative estimate of drug-likeness (QED) is 0.573. The first-order valence-corrected chi connectivity index (χ1v) is 9.17. The van der Waals surface area contributed by atoms with E-state index in [0.717, 1.165) is 0 Å². The molecular formula is C19H17Cl2FN2O4. The number of anilines is 1. The minimum Gasteiger partial charge on any atom is -0.507 e. The zero-order valence-electron chi connectivity index (χ0n) is 14.8. The highest BCUT2D eigenvalue weighted by atomic mass is 35.5. The molecule has 2 aromatic carbocycles. The molecule has 0 radical (unpaired) electrons. The Morgan fingerprint density at radius 3 is 2.71 bits per heavy atom. The van der Waals surface area contributed by atoms with Gasteiger partial charge in [-0.25, -0.2) is 4.39 Å². The second kappa shape index (κ2) is 8.34. The molecule has 0 saturated carbocycles. The maximum absolute atomic E-state index is 13.8. The third-order valence-electron chi connectivity index (χ3n) is 4.29. The normalized spacial score (nSPS) is 16.7. The van der Waals surface area contributed by atoms with E-state index < -0.39 is 17.8 Å². The Balaban J connectivity index is 1.84. The summed E-state index contributed by atoms with van der Waals surface area (Å²) in [5.41, 5.74) is 0.818. The number of carbonyl (C=O) groups excluding carboxylic acids is 2. The molecule has 1 fully saturated rings. The van der Waals surface area contributed by atoms with Crippen molar-refractivity contribution in [3.8, 4) is 5.75 Å². The molecule has 9 heteroatoms. The first-order valence-electron chi connectivity index (χ1n) is 8.42. The molecule has 1 aliphatic rings. The van der Waals surface area contributed by atoms with Crippen molar-refractivity contribution >= 4 is 40.7 Å². The third kappa shape index (κ3) is 4.38. The molecule has 0 aromatic heterocycles. The highest BCUT2D eigenvalue weighted by molar-refractivity contribution is 6.35. The van der Waals surface area contributed by atoms with E-state index in [9.17, 15) is 19.1 Å². The molecule has 2 amide bonds. The van der Waals surface area contributed by atoms with Crippen molar-refractivity contribution in [3.63, 3.8) is 0 Å². The lowest BCUT2D eigenvalue weighted by atomic mass is 10.1. The molecule has 0 bridgehead atoms. The van der Waals surface area contributed by atoms with E-state index in [1.165, 1.54) is 42.2 Å². The summed E-state index contributed by atoms with van der Waals surface area (Å²) in [6.07, 6.45) is -0.641. The number of hydrogen-bond donors (Lipinski definition) is 2. The monoisotopic (exact) mass is 426 g/mol. The lowest BCUT2D eigenvalue weighted by molar-refractivity contribution is -0.114. The summed E-state index contributed by atoms with van der Waals surface area (Å²) in [4.78, 5) is 25.6. The van der Waals surface area contributed by atoms with Crippen molar-refractivity contribution in [1.82, 2.24) is 4.90 Å². The van der Waals surface area contributed by atoms with Gasteiger partial charge in [0.1, 0.15) is 17.7 Å². The lowest BCUT2D eigenvalue weighted by Gasteiger charge is -2.33. The molecule has 1 unspecified atom stereocenters. The summed E-state index contributed by atoms with van der Waals surface area (Å²) in [7, 11) is 0. The number of amides is 2. The largest absolute Gasteiger partial charge is 0.507 e. The van der Waals surface area contributed by atoms with Gasteiger partial charge in [0.25, 0.3) is 5.91 Å². The van der Waals surface area contributed by atoms with Crippen molar-refractivity contribution in [2.75, 3.05) is 25.0 Å². The Labute approximate surface area is 170 Å². The minimum atomic E-state index is -0.641. The summed E-state index contributed by atoms with van der Waals surface area (Å²) in [6.45, 7) is 1.95. The van der Waals surface area contributed by atoms with Crippen molar-refractivity contribution in [3.05, 3.63) is 57.3 Å². The Morgan fingerprint density at radius 2 is 2.00 bits per heavy atom. The average Bonchev–Trinajstić information content (AvgIpc) is 2.65. The Morgan fingerprint density at radius 1 is 1.25 bits per heavy atom. The van der Waals surface area contributed by atoms with Crippen LogP contribution in [0.2, 0.25) is 10.0 Å². The molecule has 1 atom stereocenters. The first kappa shape index (κ1) is 20.4. The van der Waals surface area contributed by atoms with Crippen LogP contribution in [-0.4, -0.2) is 41.5 Å². The fourth-order valence-electron chi connectivity index (χ4n) is 2.97. The van der Waals surface area contributed by atoms with E-state index in [2.05, 4.69) is 5.32 Å². The number of phenolic OH excluding ortho intramolecular Hbond substituents is 1. The molecule has 28 heavy (non-hydrogen) atoms. The lowest BCUT2D eigenvalue weighted by Crippen LogP contribution is -2.42. The molecule has 0 spiro atoms. The number of morpholine rings is 1. The van der Waals surface area contributed by atoms with Crippen molar-refractivity contribution in [2.45, 2.75) is 13.0 Å². The van der Waals surface area contributed by atoms with Gasteiger partial charge in [-0.2, -0.15) is 0 Å². The fourth-order valence-corrected chi connectivity index (χ4v) is 3.47. The van der Waals surface area contributed by atoms with Crippen molar-refractivity contribution < 1.29 is 23.8 Å². The number of carbonyl (C=O) groups is 2. The predicted octanol–water partition coefficient (Wildman–Crippen LogP) is 4.01. The van der Waals surface area contributed by atoms with Gasteiger partial charge >= 0.3 is 0 Å². The molecule has 6 nitrogen and oxygen atoms in total. The maximum Gasteiger partial charge on any atom is 0.257 e. The first-order chi connectivity index (χ1) is 13.3. The number of nitrogens with one attached hydrogen (secondary N) is 1. The number of aromatic hydroxyl groups is 1. The predicted molar refractivity (Wildman–Crippen MR) is 103 cm³/mol. The van der Waals surface area contributed by atoms with Crippen LogP contribution in [0, 0.1) is 5.82 Å². The standard InChI is InChI=1S/C19H17Cl2FN2O4/c1-10(25)23-11-2-3-17(26)13(6-11)19(27)24-4-5-28-18(9-24)12-7-16(22)15(21)8-14(12)20/h2-3,6-8,18,26H,4-5,9H2,1H3,(H,23,25). The number of benzene rings is 2. The van der Waals surface area contributed by atoms with Crippen LogP contribution in [0.1, 0.15) is 28.9 Å². The summed E-state index contributed by atoms with van der Waals surface area (Å²) in [5.74, 6) is -1.58. The second-order valence-corrected chi connectivity index (χ2v) is 7.13. The van der Waals surface area contributed by atoms with E-state index in [1.807, 2.05) is 0 Å². The van der Waals surface area contributed by atoms with Crippen molar-refractivity contribution in [2.24, 2.45) is 0 Å². The molecular weight excluding hydrogens is 410 g/mol. The summed E-state index contributed by atoms with van der Waals surface area (Å²) in [5, 5.41) is 12.8. The number of nitrogens with zero attached hydrogens (tertiary/aromatic N) is 1. The van der Waals surface area contributed by atoms with Gasteiger partial charge in [0.05, 0.1) is 23.7 Å². The van der Waals surface area contributed by atoms with E-state index in [1.54, 1.807) is 0 Å². The van der Waals surface area contributed by atoms with Gasteiger partial charge in [-0.05, 0) is 30.3 Å². The van der Waals surface area contributed by atoms with Crippen LogP contribution < -0.4 is 5.32 Å². The van der Waals surface area contributed by atoms with Crippen LogP contribution >= 0.6 is 23.2 Å². The minimum absolute atomic E-state index is 0.0419. The number of rotatable bonds is 3. The van der Waals surface area contributed by atoms with Crippen LogP contribution in [0.3, 0.4) is 0 Å². The van der Waals surface area contributed by atoms with Gasteiger partial charge in [-0.15, -0.1) is 0 Å². The molecule has 2 aromatic rings. The molecule has 3 rings (SSSR count). The van der Waals surface area contributed by atoms with E-state index in [0.29, 0.717) is 11.3 Å². The Bertz CT molecular complexity index is 938. The zero-order chi connectivity index (χ0) is 20.4. The van der Waals surface area contributed by atoms with Gasteiger partial charge in [0.2, 0.25) is 5.91 Å². The van der Waals surface area contributed by atoms with E-state index in [-0.39, 0.29) is 47.0 Å². The number of ether oxygens (including phenoxy) is 1. The van der Waals surface area contributed by atoms with E-state index >= 15 is 0 Å². The molecule has 2 N–H and O–H groups in total. The number of hydrogen-bond acceptors (Lipinski definition) is 4. The van der Waals surface area contributed by atoms with Crippen LogP contribution in [-0.2, 0) is 9.53 Å². The highest BCUT2D eigenvalue weighted by Gasteiger charge is 2.29. The topological polar surface area (TPSA) is 78.9 Å². The van der Waals surface area contributed by atoms with Gasteiger partial charge in [-0.3, -0.25) is 9.59 Å². The van der Waals surface area contributed by atoms with Crippen molar-refractivity contribution in [1.29, 1.82) is 0 Å². The third-order valence-corrected chi connectivity index (χ3v) is 4.90. The fraction of sp³-hybridized carbons (Fsp3) is 0.263. The van der Waals surface area contributed by atoms with Gasteiger partial charge in [-0.1, -0.05) is 23.2 Å². The Kier molecular flexibility index (Phi) is 6.07. The summed E-state index contributed by atoms with van der Waals surface area (Å²) in [6, 6.07) is 6.71. The van der Waals surface area contributed by atoms with Gasteiger partial charge in [0.15, 0.2) is 0 Å². The SMILES string of the molecule is CC(=O)Nc1ccc(O)c(C(=O)N2CCOC(c3cc(F)c(Cl)cc3Cl)C2)c1. The van der Waals surface area contributed by atoms with Gasteiger partial charge in [0, 0.05) is 29.7 Å². The van der Waals surface area contributed by atoms with Crippen LogP contribution in [0.25, 0.3) is 0 Å². The molecule has 148 valence electrons. The highest BCUT2D eigenvalue weighted by Crippen LogP contribution is 2.33. The Hall–Kier alpha value is -2.35. The van der Waals surface area contributed by atoms with Crippen LogP contribution in [0.5, 0.6) is 5.75 Å². The van der Waals surface area contributed by atoms with E-state index in [4.69, 9.17) is 27.9 Å². The summed E-state index contributed by atoms with van der Waals surface area (Å²) < 4.78 is 19.5. The van der Waals surface area contributed by atoms with Crippen LogP contribution in [0.15, 0.2) is 30.3 Å². The molecule has 1 heterocycles. The molecule has 1 aliphatic heterocycles. The number of halogens is 3. The second-order valence-electron chi connectivity index (χ2n) is 6.31. The molecule has 1 saturated heterocycles. The average molecular weight is 427 g/mol. The van der Waals surface area contributed by atoms with Gasteiger partial charge < -0.3 is 20.1 Å². The smallest absolute Gasteiger partial charge is 0.257 e. The molecule has 0 aliphatic carbocycles. The number of phenols is 1. The maximum atomic E-state index is 13.8. The van der Waals surface area contributed by atoms with Crippen LogP contribution in [0.4, 0.5) is 10.1 Å². The zero-order valence-corrected chi connectivity index (χ0v) is 16.4.